The van der Waals surface area contributed by atoms with E-state index in [1.165, 1.54) is 0 Å². The quantitative estimate of drug-likeness (QED) is 0.723. The molecule has 1 aliphatic heterocycles. The number of primary amides is 1. The van der Waals surface area contributed by atoms with E-state index in [9.17, 15) is 4.79 Å². The Balaban J connectivity index is 2.28. The molecule has 0 radical (unpaired) electrons. The van der Waals surface area contributed by atoms with Gasteiger partial charge in [0.1, 0.15) is 0 Å². The van der Waals surface area contributed by atoms with Gasteiger partial charge < -0.3 is 20.7 Å². The second kappa shape index (κ2) is 6.70. The van der Waals surface area contributed by atoms with Gasteiger partial charge in [-0.1, -0.05) is 6.92 Å². The van der Waals surface area contributed by atoms with Crippen molar-refractivity contribution in [1.82, 2.24) is 10.2 Å². The lowest BCUT2D eigenvalue weighted by Gasteiger charge is -2.33. The third-order valence-electron chi connectivity index (χ3n) is 3.14. The first-order chi connectivity index (χ1) is 7.67. The number of rotatable bonds is 5. The number of nitrogens with zero attached hydrogens (tertiary/aromatic N) is 1. The van der Waals surface area contributed by atoms with Crippen LogP contribution in [0.2, 0.25) is 0 Å². The molecule has 1 fully saturated rings. The Morgan fingerprint density at radius 2 is 2.19 bits per heavy atom. The molecule has 94 valence electrons. The van der Waals surface area contributed by atoms with Gasteiger partial charge in [-0.05, 0) is 19.3 Å². The second-order valence-electron chi connectivity index (χ2n) is 4.33. The van der Waals surface area contributed by atoms with Gasteiger partial charge in [0.2, 0.25) is 0 Å². The number of urea groups is 1. The molecule has 5 nitrogen and oxygen atoms in total. The van der Waals surface area contributed by atoms with Crippen LogP contribution in [0.4, 0.5) is 4.79 Å². The number of carbonyl (C=O) groups is 1. The van der Waals surface area contributed by atoms with E-state index >= 15 is 0 Å². The summed E-state index contributed by atoms with van der Waals surface area (Å²) < 4.78 is 5.15. The molecule has 0 saturated carbocycles. The first-order valence-corrected chi connectivity index (χ1v) is 5.96. The molecule has 0 aromatic rings. The van der Waals surface area contributed by atoms with Crippen LogP contribution in [0.25, 0.3) is 0 Å². The van der Waals surface area contributed by atoms with E-state index in [0.29, 0.717) is 12.1 Å². The summed E-state index contributed by atoms with van der Waals surface area (Å²) in [6, 6.07) is 0.591. The predicted octanol–water partition coefficient (Wildman–Crippen LogP) is 0.544. The third-order valence-corrected chi connectivity index (χ3v) is 3.14. The van der Waals surface area contributed by atoms with Gasteiger partial charge in [-0.25, -0.2) is 4.79 Å². The smallest absolute Gasteiger partial charge is 0.314 e. The SMILES string of the molecule is CCC(COC)NC1CCN(C(N)=O)CC1. The zero-order valence-corrected chi connectivity index (χ0v) is 10.2. The first kappa shape index (κ1) is 13.3. The number of nitrogens with two attached hydrogens (primary N) is 1. The first-order valence-electron chi connectivity index (χ1n) is 5.96. The van der Waals surface area contributed by atoms with Crippen molar-refractivity contribution in [2.75, 3.05) is 26.8 Å². The van der Waals surface area contributed by atoms with Crippen molar-refractivity contribution in [3.8, 4) is 0 Å². The molecule has 1 atom stereocenters. The van der Waals surface area contributed by atoms with E-state index in [4.69, 9.17) is 10.5 Å². The van der Waals surface area contributed by atoms with Crippen LogP contribution < -0.4 is 11.1 Å². The summed E-state index contributed by atoms with van der Waals surface area (Å²) in [7, 11) is 1.72. The monoisotopic (exact) mass is 229 g/mol. The molecular weight excluding hydrogens is 206 g/mol. The van der Waals surface area contributed by atoms with Crippen molar-refractivity contribution in [2.24, 2.45) is 5.73 Å². The molecule has 5 heteroatoms. The van der Waals surface area contributed by atoms with Crippen LogP contribution in [-0.2, 0) is 4.74 Å². The normalized spacial score (nSPS) is 19.8. The van der Waals surface area contributed by atoms with E-state index in [1.807, 2.05) is 0 Å². The fraction of sp³-hybridized carbons (Fsp3) is 0.909. The maximum atomic E-state index is 10.9. The number of hydrogen-bond acceptors (Lipinski definition) is 3. The Morgan fingerprint density at radius 3 is 2.62 bits per heavy atom. The van der Waals surface area contributed by atoms with Crippen molar-refractivity contribution in [3.63, 3.8) is 0 Å². The Morgan fingerprint density at radius 1 is 1.56 bits per heavy atom. The summed E-state index contributed by atoms with van der Waals surface area (Å²) in [4.78, 5) is 12.7. The largest absolute Gasteiger partial charge is 0.383 e. The van der Waals surface area contributed by atoms with E-state index in [1.54, 1.807) is 12.0 Å². The Labute approximate surface area is 97.3 Å². The summed E-state index contributed by atoms with van der Waals surface area (Å²) in [5.74, 6) is 0. The average molecular weight is 229 g/mol. The predicted molar refractivity (Wildman–Crippen MR) is 63.3 cm³/mol. The van der Waals surface area contributed by atoms with E-state index < -0.39 is 0 Å². The minimum atomic E-state index is -0.303. The number of nitrogens with one attached hydrogen (secondary N) is 1. The topological polar surface area (TPSA) is 67.6 Å². The fourth-order valence-corrected chi connectivity index (χ4v) is 2.08. The average Bonchev–Trinajstić information content (AvgIpc) is 2.29. The maximum absolute atomic E-state index is 10.9. The van der Waals surface area contributed by atoms with Crippen LogP contribution in [0, 0.1) is 0 Å². The number of methoxy groups -OCH3 is 1. The van der Waals surface area contributed by atoms with E-state index in [0.717, 1.165) is 39.0 Å². The summed E-state index contributed by atoms with van der Waals surface area (Å²) >= 11 is 0. The van der Waals surface area contributed by atoms with Crippen molar-refractivity contribution in [1.29, 1.82) is 0 Å². The lowest BCUT2D eigenvalue weighted by Crippen LogP contribution is -2.49. The van der Waals surface area contributed by atoms with Crippen molar-refractivity contribution < 1.29 is 9.53 Å². The van der Waals surface area contributed by atoms with Gasteiger partial charge >= 0.3 is 6.03 Å². The summed E-state index contributed by atoms with van der Waals surface area (Å²) in [6.45, 7) is 4.41. The zero-order chi connectivity index (χ0) is 12.0. The van der Waals surface area contributed by atoms with Crippen LogP contribution in [0.5, 0.6) is 0 Å². The van der Waals surface area contributed by atoms with Gasteiger partial charge in [-0.15, -0.1) is 0 Å². The van der Waals surface area contributed by atoms with Gasteiger partial charge in [0.15, 0.2) is 0 Å². The summed E-state index contributed by atoms with van der Waals surface area (Å²) in [5, 5.41) is 3.56. The molecule has 0 aromatic heterocycles. The standard InChI is InChI=1S/C11H23N3O2/c1-3-9(8-16-2)13-10-4-6-14(7-5-10)11(12)15/h9-10,13H,3-8H2,1-2H3,(H2,12,15). The third kappa shape index (κ3) is 3.98. The summed E-state index contributed by atoms with van der Waals surface area (Å²) in [5.41, 5.74) is 5.23. The molecule has 1 rings (SSSR count). The number of ether oxygens (including phenoxy) is 1. The van der Waals surface area contributed by atoms with Gasteiger partial charge in [0.25, 0.3) is 0 Å². The number of piperidine rings is 1. The van der Waals surface area contributed by atoms with Gasteiger partial charge in [0.05, 0.1) is 6.61 Å². The molecule has 0 bridgehead atoms. The Hall–Kier alpha value is -0.810. The zero-order valence-electron chi connectivity index (χ0n) is 10.2. The van der Waals surface area contributed by atoms with Crippen LogP contribution in [0.1, 0.15) is 26.2 Å². The molecule has 1 saturated heterocycles. The minimum Gasteiger partial charge on any atom is -0.383 e. The lowest BCUT2D eigenvalue weighted by atomic mass is 10.0. The molecule has 0 aromatic carbocycles. The maximum Gasteiger partial charge on any atom is 0.314 e. The molecule has 2 amide bonds. The number of amides is 2. The fourth-order valence-electron chi connectivity index (χ4n) is 2.08. The molecule has 1 unspecified atom stereocenters. The highest BCUT2D eigenvalue weighted by Crippen LogP contribution is 2.11. The minimum absolute atomic E-state index is 0.303. The highest BCUT2D eigenvalue weighted by Gasteiger charge is 2.22. The number of likely N-dealkylation sites (tertiary alicyclic amines) is 1. The number of hydrogen-bond donors (Lipinski definition) is 2. The second-order valence-corrected chi connectivity index (χ2v) is 4.33. The van der Waals surface area contributed by atoms with Crippen LogP contribution in [0.15, 0.2) is 0 Å². The van der Waals surface area contributed by atoms with Crippen LogP contribution >= 0.6 is 0 Å². The molecule has 1 aliphatic rings. The Kier molecular flexibility index (Phi) is 5.55. The highest BCUT2D eigenvalue weighted by molar-refractivity contribution is 5.72. The van der Waals surface area contributed by atoms with Crippen molar-refractivity contribution >= 4 is 6.03 Å². The van der Waals surface area contributed by atoms with E-state index in [-0.39, 0.29) is 6.03 Å². The molecule has 16 heavy (non-hydrogen) atoms. The van der Waals surface area contributed by atoms with Crippen LogP contribution in [0.3, 0.4) is 0 Å². The number of carbonyl (C=O) groups excluding carboxylic acids is 1. The van der Waals surface area contributed by atoms with Crippen LogP contribution in [-0.4, -0.2) is 49.8 Å². The molecular formula is C11H23N3O2. The molecule has 0 aliphatic carbocycles. The van der Waals surface area contributed by atoms with Gasteiger partial charge in [0, 0.05) is 32.3 Å². The van der Waals surface area contributed by atoms with Gasteiger partial charge in [-0.3, -0.25) is 0 Å². The van der Waals surface area contributed by atoms with E-state index in [2.05, 4.69) is 12.2 Å². The van der Waals surface area contributed by atoms with Crippen molar-refractivity contribution in [3.05, 3.63) is 0 Å². The van der Waals surface area contributed by atoms with Gasteiger partial charge in [-0.2, -0.15) is 0 Å². The van der Waals surface area contributed by atoms with Crippen molar-refractivity contribution in [2.45, 2.75) is 38.3 Å². The lowest BCUT2D eigenvalue weighted by molar-refractivity contribution is 0.143. The molecule has 0 spiro atoms. The highest BCUT2D eigenvalue weighted by atomic mass is 16.5. The summed E-state index contributed by atoms with van der Waals surface area (Å²) in [6.07, 6.45) is 3.01. The Bertz CT molecular complexity index is 215. The molecule has 3 N–H and O–H groups in total. The molecule has 1 heterocycles.